The summed E-state index contributed by atoms with van der Waals surface area (Å²) in [6, 6.07) is 0. The van der Waals surface area contributed by atoms with Crippen LogP contribution in [0.15, 0.2) is 12.4 Å². The third-order valence-electron chi connectivity index (χ3n) is 2.30. The lowest BCUT2D eigenvalue weighted by molar-refractivity contribution is 0.659. The molecule has 2 rings (SSSR count). The fourth-order valence-corrected chi connectivity index (χ4v) is 1.72. The van der Waals surface area contributed by atoms with Crippen molar-refractivity contribution in [1.29, 1.82) is 0 Å². The van der Waals surface area contributed by atoms with Crippen molar-refractivity contribution in [2.24, 2.45) is 0 Å². The van der Waals surface area contributed by atoms with Gasteiger partial charge in [0.15, 0.2) is 0 Å². The third kappa shape index (κ3) is 3.56. The highest BCUT2D eigenvalue weighted by Crippen LogP contribution is 2.12. The van der Waals surface area contributed by atoms with E-state index in [2.05, 4.69) is 15.3 Å². The number of hydrogen-bond donors (Lipinski definition) is 0. The Balaban J connectivity index is 0.000000771. The van der Waals surface area contributed by atoms with E-state index in [9.17, 15) is 3.89 Å². The minimum atomic E-state index is -0.00232. The summed E-state index contributed by atoms with van der Waals surface area (Å²) in [4.78, 5) is 0. The molecule has 0 radical (unpaired) electrons. The first-order valence-electron chi connectivity index (χ1n) is 5.96. The van der Waals surface area contributed by atoms with Crippen molar-refractivity contribution in [2.75, 3.05) is 0 Å². The Morgan fingerprint density at radius 2 is 2.06 bits per heavy atom. The summed E-state index contributed by atoms with van der Waals surface area (Å²) in [5.41, 5.74) is 2.58. The van der Waals surface area contributed by atoms with E-state index in [0.717, 1.165) is 27.7 Å². The quantitative estimate of drug-likeness (QED) is 0.858. The number of hydrogen-bond acceptors (Lipinski definition) is 4. The van der Waals surface area contributed by atoms with E-state index >= 15 is 0 Å². The maximum absolute atomic E-state index is 12.3. The van der Waals surface area contributed by atoms with E-state index in [4.69, 9.17) is 0 Å². The lowest BCUT2D eigenvalue weighted by Gasteiger charge is -1.93. The van der Waals surface area contributed by atoms with Crippen LogP contribution in [-0.2, 0) is 13.0 Å². The summed E-state index contributed by atoms with van der Waals surface area (Å²) in [6.07, 6.45) is 4.39. The van der Waals surface area contributed by atoms with Crippen LogP contribution < -0.4 is 0 Å². The van der Waals surface area contributed by atoms with Crippen molar-refractivity contribution >= 4 is 12.3 Å². The molecule has 0 aliphatic carbocycles. The lowest BCUT2D eigenvalue weighted by atomic mass is 10.2. The van der Waals surface area contributed by atoms with E-state index in [0.29, 0.717) is 6.42 Å². The molecule has 0 aromatic carbocycles. The van der Waals surface area contributed by atoms with Gasteiger partial charge >= 0.3 is 0 Å². The lowest BCUT2D eigenvalue weighted by Crippen LogP contribution is -1.93. The molecule has 0 fully saturated rings. The van der Waals surface area contributed by atoms with Gasteiger partial charge in [-0.3, -0.25) is 4.68 Å². The van der Waals surface area contributed by atoms with E-state index < -0.39 is 0 Å². The highest BCUT2D eigenvalue weighted by molar-refractivity contribution is 7.92. The topological polar surface area (TPSA) is 48.5 Å². The van der Waals surface area contributed by atoms with Gasteiger partial charge in [0.05, 0.1) is 17.6 Å². The second kappa shape index (κ2) is 7.15. The molecule has 0 spiro atoms. The number of rotatable bonds is 4. The van der Waals surface area contributed by atoms with Crippen molar-refractivity contribution in [3.05, 3.63) is 29.3 Å². The van der Waals surface area contributed by atoms with Gasteiger partial charge in [0.25, 0.3) is 0 Å². The zero-order valence-corrected chi connectivity index (χ0v) is 11.9. The largest absolute Gasteiger partial charge is 0.273 e. The summed E-state index contributed by atoms with van der Waals surface area (Å²) in [5, 5.41) is 12.1. The Bertz CT molecular complexity index is 479. The summed E-state index contributed by atoms with van der Waals surface area (Å²) < 4.78 is 15.1. The van der Waals surface area contributed by atoms with E-state index in [1.54, 1.807) is 6.20 Å². The Labute approximate surface area is 111 Å². The molecule has 0 aliphatic rings. The zero-order chi connectivity index (χ0) is 13.5. The molecule has 100 valence electrons. The van der Waals surface area contributed by atoms with E-state index in [-0.39, 0.29) is 12.3 Å². The molecular weight excluding hydrogens is 253 g/mol. The van der Waals surface area contributed by atoms with Crippen LogP contribution in [0.25, 0.3) is 0 Å². The first-order valence-corrected chi connectivity index (χ1v) is 6.63. The molecule has 0 atom stereocenters. The second-order valence-corrected chi connectivity index (χ2v) is 3.90. The molecule has 2 aromatic heterocycles. The van der Waals surface area contributed by atoms with Gasteiger partial charge in [-0.25, -0.2) is 0 Å². The number of aryl methyl sites for hydroxylation is 2. The summed E-state index contributed by atoms with van der Waals surface area (Å²) in [5.74, 6) is 0. The molecule has 2 heterocycles. The Hall–Kier alpha value is -1.37. The number of nitrogens with zero attached hydrogens (tertiary/aromatic N) is 5. The molecule has 0 saturated heterocycles. The average Bonchev–Trinajstić information content (AvgIpc) is 3.00. The molecule has 7 heteroatoms. The maximum Gasteiger partial charge on any atom is 0.207 e. The van der Waals surface area contributed by atoms with Gasteiger partial charge in [0.1, 0.15) is 0 Å². The zero-order valence-electron chi connectivity index (χ0n) is 11.1. The highest BCUT2D eigenvalue weighted by Gasteiger charge is 2.09. The molecule has 0 unspecified atom stereocenters. The van der Waals surface area contributed by atoms with Crippen molar-refractivity contribution in [1.82, 2.24) is 24.2 Å². The minimum Gasteiger partial charge on any atom is -0.273 e. The van der Waals surface area contributed by atoms with E-state index in [1.807, 2.05) is 38.6 Å². The smallest absolute Gasteiger partial charge is 0.207 e. The van der Waals surface area contributed by atoms with Gasteiger partial charge in [-0.15, -0.1) is 14.1 Å². The average molecular weight is 271 g/mol. The summed E-state index contributed by atoms with van der Waals surface area (Å²) >= 11 is -0.00232. The van der Waals surface area contributed by atoms with Crippen LogP contribution in [-0.4, -0.2) is 24.2 Å². The SMILES string of the molecule is CC.CCn1cc(Cc2nn(SF)nc2C)cn1. The predicted molar refractivity (Wildman–Crippen MR) is 70.9 cm³/mol. The molecule has 0 amide bonds. The standard InChI is InChI=1S/C9H12FN5S.C2H6/c1-3-14-6-8(5-11-14)4-9-7(2)12-15(13-9)16-10;1-2/h5-6H,3-4H2,1-2H3;1-2H3. The maximum atomic E-state index is 12.3. The first kappa shape index (κ1) is 14.7. The van der Waals surface area contributed by atoms with Gasteiger partial charge < -0.3 is 0 Å². The molecular formula is C11H18FN5S. The van der Waals surface area contributed by atoms with Crippen LogP contribution >= 0.6 is 12.3 Å². The first-order chi connectivity index (χ1) is 8.72. The van der Waals surface area contributed by atoms with Crippen molar-refractivity contribution in [3.63, 3.8) is 0 Å². The fourth-order valence-electron chi connectivity index (χ4n) is 1.44. The van der Waals surface area contributed by atoms with Gasteiger partial charge in [0, 0.05) is 19.2 Å². The van der Waals surface area contributed by atoms with Crippen molar-refractivity contribution in [2.45, 2.75) is 40.7 Å². The molecule has 18 heavy (non-hydrogen) atoms. The van der Waals surface area contributed by atoms with Crippen LogP contribution in [0.1, 0.15) is 37.7 Å². The van der Waals surface area contributed by atoms with Gasteiger partial charge in [0.2, 0.25) is 12.3 Å². The van der Waals surface area contributed by atoms with Gasteiger partial charge in [-0.1, -0.05) is 18.0 Å². The minimum absolute atomic E-state index is 0.00232. The highest BCUT2D eigenvalue weighted by atomic mass is 32.2. The molecule has 0 N–H and O–H groups in total. The van der Waals surface area contributed by atoms with Crippen LogP contribution in [0.3, 0.4) is 0 Å². The summed E-state index contributed by atoms with van der Waals surface area (Å²) in [7, 11) is 0. The fraction of sp³-hybridized carbons (Fsp3) is 0.545. The molecule has 0 aliphatic heterocycles. The number of aromatic nitrogens is 5. The van der Waals surface area contributed by atoms with Gasteiger partial charge in [-0.05, 0) is 19.4 Å². The normalized spacial score (nSPS) is 10.1. The van der Waals surface area contributed by atoms with Crippen LogP contribution in [0, 0.1) is 6.92 Å². The number of halogens is 1. The molecule has 2 aromatic rings. The Kier molecular flexibility index (Phi) is 5.84. The second-order valence-electron chi connectivity index (χ2n) is 3.43. The van der Waals surface area contributed by atoms with Crippen LogP contribution in [0.5, 0.6) is 0 Å². The monoisotopic (exact) mass is 271 g/mol. The van der Waals surface area contributed by atoms with Gasteiger partial charge in [-0.2, -0.15) is 5.10 Å². The van der Waals surface area contributed by atoms with E-state index in [1.165, 1.54) is 0 Å². The Morgan fingerprint density at radius 1 is 1.33 bits per heavy atom. The van der Waals surface area contributed by atoms with Crippen LogP contribution in [0.4, 0.5) is 3.89 Å². The molecule has 0 saturated carbocycles. The molecule has 0 bridgehead atoms. The summed E-state index contributed by atoms with van der Waals surface area (Å²) in [6.45, 7) is 8.68. The Morgan fingerprint density at radius 3 is 2.56 bits per heavy atom. The third-order valence-corrected chi connectivity index (χ3v) is 2.59. The van der Waals surface area contributed by atoms with Crippen LogP contribution in [0.2, 0.25) is 0 Å². The van der Waals surface area contributed by atoms with Crippen molar-refractivity contribution in [3.8, 4) is 0 Å². The molecule has 5 nitrogen and oxygen atoms in total. The van der Waals surface area contributed by atoms with Crippen molar-refractivity contribution < 1.29 is 3.89 Å². The predicted octanol–water partition coefficient (Wildman–Crippen LogP) is 2.80.